The highest BCUT2D eigenvalue weighted by Gasteiger charge is 2.08. The maximum Gasteiger partial charge on any atom is 0.338 e. The Labute approximate surface area is 109 Å². The van der Waals surface area contributed by atoms with Gasteiger partial charge in [-0.2, -0.15) is 0 Å². The third-order valence-electron chi connectivity index (χ3n) is 2.56. The molecule has 0 bridgehead atoms. The lowest BCUT2D eigenvalue weighted by molar-refractivity contribution is 0.0696. The van der Waals surface area contributed by atoms with Gasteiger partial charge >= 0.3 is 5.97 Å². The van der Waals surface area contributed by atoms with E-state index < -0.39 is 5.97 Å². The highest BCUT2D eigenvalue weighted by Crippen LogP contribution is 2.11. The van der Waals surface area contributed by atoms with Crippen LogP contribution >= 0.6 is 0 Å². The first-order chi connectivity index (χ1) is 9.06. The number of hydrogen-bond acceptors (Lipinski definition) is 4. The zero-order valence-electron chi connectivity index (χ0n) is 10.2. The van der Waals surface area contributed by atoms with Gasteiger partial charge in [-0.05, 0) is 17.7 Å². The molecule has 1 aromatic heterocycles. The minimum absolute atomic E-state index is 0.0407. The Balaban J connectivity index is 2.09. The standard InChI is InChI=1S/C13H12FN3O2/c1-17(8-9-2-4-11(14)5-3-9)13-15-6-10(7-16-13)12(18)19/h2-7H,8H2,1H3,(H,18,19). The molecule has 0 aliphatic carbocycles. The van der Waals surface area contributed by atoms with Crippen LogP contribution in [-0.2, 0) is 6.54 Å². The van der Waals surface area contributed by atoms with E-state index >= 15 is 0 Å². The third kappa shape index (κ3) is 3.25. The van der Waals surface area contributed by atoms with E-state index in [1.165, 1.54) is 24.5 Å². The normalized spacial score (nSPS) is 10.2. The molecule has 0 atom stereocenters. The second-order valence-corrected chi connectivity index (χ2v) is 4.06. The second kappa shape index (κ2) is 5.43. The topological polar surface area (TPSA) is 66.3 Å². The van der Waals surface area contributed by atoms with E-state index in [0.29, 0.717) is 12.5 Å². The van der Waals surface area contributed by atoms with Crippen LogP contribution in [0.3, 0.4) is 0 Å². The number of rotatable bonds is 4. The molecule has 0 saturated heterocycles. The van der Waals surface area contributed by atoms with Gasteiger partial charge in [-0.1, -0.05) is 12.1 Å². The monoisotopic (exact) mass is 261 g/mol. The van der Waals surface area contributed by atoms with Gasteiger partial charge in [0.15, 0.2) is 0 Å². The van der Waals surface area contributed by atoms with E-state index in [9.17, 15) is 9.18 Å². The van der Waals surface area contributed by atoms with Crippen molar-refractivity contribution in [3.05, 3.63) is 53.6 Å². The van der Waals surface area contributed by atoms with E-state index in [-0.39, 0.29) is 11.4 Å². The smallest absolute Gasteiger partial charge is 0.338 e. The van der Waals surface area contributed by atoms with Crippen LogP contribution < -0.4 is 4.90 Å². The molecule has 1 heterocycles. The molecule has 0 amide bonds. The number of carboxylic acid groups (broad SMARTS) is 1. The van der Waals surface area contributed by atoms with E-state index in [2.05, 4.69) is 9.97 Å². The van der Waals surface area contributed by atoms with Crippen molar-refractivity contribution in [1.82, 2.24) is 9.97 Å². The number of anilines is 1. The van der Waals surface area contributed by atoms with E-state index in [0.717, 1.165) is 5.56 Å². The summed E-state index contributed by atoms with van der Waals surface area (Å²) in [5.41, 5.74) is 0.953. The van der Waals surface area contributed by atoms with Crippen LogP contribution in [0.5, 0.6) is 0 Å². The second-order valence-electron chi connectivity index (χ2n) is 4.06. The summed E-state index contributed by atoms with van der Waals surface area (Å²) < 4.78 is 12.8. The Bertz CT molecular complexity index is 569. The molecule has 0 radical (unpaired) electrons. The molecule has 0 spiro atoms. The fourth-order valence-corrected chi connectivity index (χ4v) is 1.56. The lowest BCUT2D eigenvalue weighted by Crippen LogP contribution is -2.19. The molecule has 0 fully saturated rings. The SMILES string of the molecule is CN(Cc1ccc(F)cc1)c1ncc(C(=O)O)cn1. The quantitative estimate of drug-likeness (QED) is 0.911. The van der Waals surface area contributed by atoms with Gasteiger partial charge in [0.2, 0.25) is 5.95 Å². The number of aromatic carboxylic acids is 1. The number of aromatic nitrogens is 2. The van der Waals surface area contributed by atoms with Crippen molar-refractivity contribution in [3.63, 3.8) is 0 Å². The highest BCUT2D eigenvalue weighted by atomic mass is 19.1. The number of halogens is 1. The Hall–Kier alpha value is -2.50. The molecule has 0 aliphatic heterocycles. The average Bonchev–Trinajstić information content (AvgIpc) is 2.41. The van der Waals surface area contributed by atoms with Crippen molar-refractivity contribution in [3.8, 4) is 0 Å². The van der Waals surface area contributed by atoms with Gasteiger partial charge in [0.25, 0.3) is 0 Å². The van der Waals surface area contributed by atoms with Crippen LogP contribution in [0.15, 0.2) is 36.7 Å². The molecule has 5 nitrogen and oxygen atoms in total. The maximum absolute atomic E-state index is 12.8. The van der Waals surface area contributed by atoms with Crippen LogP contribution in [0.2, 0.25) is 0 Å². The van der Waals surface area contributed by atoms with Gasteiger partial charge in [-0.25, -0.2) is 19.2 Å². The van der Waals surface area contributed by atoms with Crippen LogP contribution in [0.1, 0.15) is 15.9 Å². The minimum Gasteiger partial charge on any atom is -0.478 e. The Morgan fingerprint density at radius 3 is 2.37 bits per heavy atom. The molecule has 19 heavy (non-hydrogen) atoms. The van der Waals surface area contributed by atoms with Crippen LogP contribution in [-0.4, -0.2) is 28.1 Å². The Kier molecular flexibility index (Phi) is 3.70. The third-order valence-corrected chi connectivity index (χ3v) is 2.56. The largest absolute Gasteiger partial charge is 0.478 e. The van der Waals surface area contributed by atoms with Crippen molar-refractivity contribution in [2.24, 2.45) is 0 Å². The molecule has 6 heteroatoms. The fourth-order valence-electron chi connectivity index (χ4n) is 1.56. The van der Waals surface area contributed by atoms with Crippen LogP contribution in [0.25, 0.3) is 0 Å². The predicted octanol–water partition coefficient (Wildman–Crippen LogP) is 1.95. The predicted molar refractivity (Wildman–Crippen MR) is 67.5 cm³/mol. The van der Waals surface area contributed by atoms with Gasteiger partial charge < -0.3 is 10.0 Å². The van der Waals surface area contributed by atoms with Gasteiger partial charge in [0.1, 0.15) is 5.82 Å². The summed E-state index contributed by atoms with van der Waals surface area (Å²) >= 11 is 0. The van der Waals surface area contributed by atoms with E-state index in [4.69, 9.17) is 5.11 Å². The number of nitrogens with zero attached hydrogens (tertiary/aromatic N) is 3. The average molecular weight is 261 g/mol. The fraction of sp³-hybridized carbons (Fsp3) is 0.154. The van der Waals surface area contributed by atoms with Crippen LogP contribution in [0, 0.1) is 5.82 Å². The van der Waals surface area contributed by atoms with Gasteiger partial charge in [-0.3, -0.25) is 0 Å². The number of hydrogen-bond donors (Lipinski definition) is 1. The van der Waals surface area contributed by atoms with Gasteiger partial charge in [0, 0.05) is 26.0 Å². The molecular weight excluding hydrogens is 249 g/mol. The van der Waals surface area contributed by atoms with Crippen molar-refractivity contribution in [2.75, 3.05) is 11.9 Å². The molecule has 0 aliphatic rings. The van der Waals surface area contributed by atoms with Gasteiger partial charge in [0.05, 0.1) is 5.56 Å². The zero-order valence-corrected chi connectivity index (χ0v) is 10.2. The van der Waals surface area contributed by atoms with Gasteiger partial charge in [-0.15, -0.1) is 0 Å². The summed E-state index contributed by atoms with van der Waals surface area (Å²) in [5, 5.41) is 8.75. The lowest BCUT2D eigenvalue weighted by Gasteiger charge is -2.16. The summed E-state index contributed by atoms with van der Waals surface area (Å²) in [6.45, 7) is 0.507. The van der Waals surface area contributed by atoms with Crippen molar-refractivity contribution < 1.29 is 14.3 Å². The van der Waals surface area contributed by atoms with Crippen molar-refractivity contribution in [1.29, 1.82) is 0 Å². The molecule has 1 aromatic carbocycles. The molecular formula is C13H12FN3O2. The molecule has 0 saturated carbocycles. The van der Waals surface area contributed by atoms with E-state index in [1.807, 2.05) is 0 Å². The first kappa shape index (κ1) is 12.9. The van der Waals surface area contributed by atoms with Crippen molar-refractivity contribution in [2.45, 2.75) is 6.54 Å². The maximum atomic E-state index is 12.8. The molecule has 1 N–H and O–H groups in total. The lowest BCUT2D eigenvalue weighted by atomic mass is 10.2. The first-order valence-corrected chi connectivity index (χ1v) is 5.57. The molecule has 2 aromatic rings. The summed E-state index contributed by atoms with van der Waals surface area (Å²) in [6.07, 6.45) is 2.51. The van der Waals surface area contributed by atoms with Crippen molar-refractivity contribution >= 4 is 11.9 Å². The molecule has 98 valence electrons. The summed E-state index contributed by atoms with van der Waals surface area (Å²) in [6, 6.07) is 6.13. The highest BCUT2D eigenvalue weighted by molar-refractivity contribution is 5.86. The first-order valence-electron chi connectivity index (χ1n) is 5.57. The van der Waals surface area contributed by atoms with E-state index in [1.54, 1.807) is 24.1 Å². The number of carboxylic acids is 1. The summed E-state index contributed by atoms with van der Waals surface area (Å²) in [5.74, 6) is -0.935. The Morgan fingerprint density at radius 1 is 1.26 bits per heavy atom. The number of benzene rings is 1. The zero-order chi connectivity index (χ0) is 13.8. The summed E-state index contributed by atoms with van der Waals surface area (Å²) in [7, 11) is 1.78. The minimum atomic E-state index is -1.06. The summed E-state index contributed by atoms with van der Waals surface area (Å²) in [4.78, 5) is 20.4. The Morgan fingerprint density at radius 2 is 1.84 bits per heavy atom. The molecule has 0 unspecified atom stereocenters. The van der Waals surface area contributed by atoms with Crippen LogP contribution in [0.4, 0.5) is 10.3 Å². The number of carbonyl (C=O) groups is 1. The molecule has 2 rings (SSSR count).